The summed E-state index contributed by atoms with van der Waals surface area (Å²) in [5.41, 5.74) is 1.48. The van der Waals surface area contributed by atoms with Crippen LogP contribution in [0.25, 0.3) is 0 Å². The van der Waals surface area contributed by atoms with Crippen LogP contribution in [0.15, 0.2) is 24.3 Å². The average molecular weight is 281 g/mol. The molecule has 0 aromatic heterocycles. The van der Waals surface area contributed by atoms with Gasteiger partial charge in [-0.3, -0.25) is 4.79 Å². The molecule has 0 unspecified atom stereocenters. The van der Waals surface area contributed by atoms with Crippen molar-refractivity contribution in [1.29, 1.82) is 0 Å². The van der Waals surface area contributed by atoms with Crippen molar-refractivity contribution in [3.05, 3.63) is 29.8 Å². The summed E-state index contributed by atoms with van der Waals surface area (Å²) in [5, 5.41) is 2.72. The quantitative estimate of drug-likeness (QED) is 0.843. The number of amides is 1. The van der Waals surface area contributed by atoms with E-state index in [4.69, 9.17) is 0 Å². The largest absolute Gasteiger partial charge is 0.325 e. The summed E-state index contributed by atoms with van der Waals surface area (Å²) in [4.78, 5) is 11.8. The Balaban J connectivity index is 1.88. The molecule has 1 aromatic carbocycles. The van der Waals surface area contributed by atoms with Gasteiger partial charge in [0.05, 0.1) is 6.54 Å². The van der Waals surface area contributed by atoms with Crippen LogP contribution in [-0.4, -0.2) is 31.2 Å². The molecule has 1 saturated carbocycles. The predicted molar refractivity (Wildman–Crippen MR) is 70.6 cm³/mol. The zero-order valence-corrected chi connectivity index (χ0v) is 11.1. The first-order valence-corrected chi connectivity index (χ1v) is 7.64. The molecule has 1 aliphatic heterocycles. The molecule has 0 radical (unpaired) electrons. The van der Waals surface area contributed by atoms with Crippen LogP contribution >= 0.6 is 0 Å². The van der Waals surface area contributed by atoms with Gasteiger partial charge in [-0.05, 0) is 24.5 Å². The van der Waals surface area contributed by atoms with E-state index in [1.165, 1.54) is 4.31 Å². The fraction of sp³-hybridized carbons (Fsp3) is 0.417. The van der Waals surface area contributed by atoms with Crippen molar-refractivity contribution in [2.45, 2.75) is 25.4 Å². The molecule has 0 atom stereocenters. The van der Waals surface area contributed by atoms with Crippen LogP contribution in [0.2, 0.25) is 0 Å². The first-order valence-electron chi connectivity index (χ1n) is 6.20. The Morgan fingerprint density at radius 1 is 1.21 bits per heavy atom. The molecule has 0 spiro atoms. The number of rotatable bonds is 3. The summed E-state index contributed by atoms with van der Waals surface area (Å²) in [6, 6.07) is 7.27. The number of hydrogen-bond acceptors (Lipinski definition) is 3. The molecule has 102 valence electrons. The summed E-state index contributed by atoms with van der Waals surface area (Å²) < 4.78 is 28.1. The fourth-order valence-corrected chi connectivity index (χ4v) is 3.43. The maximum absolute atomic E-state index is 12.2. The lowest BCUT2D eigenvalue weighted by Gasteiger charge is -2.19. The summed E-state index contributed by atoms with van der Waals surface area (Å²) in [6.45, 7) is 0.0493. The van der Waals surface area contributed by atoms with E-state index in [1.54, 1.807) is 6.07 Å². The van der Waals surface area contributed by atoms with Crippen LogP contribution < -0.4 is 10.0 Å². The minimum atomic E-state index is -3.60. The number of carbonyl (C=O) groups is 1. The van der Waals surface area contributed by atoms with Crippen molar-refractivity contribution in [2.24, 2.45) is 0 Å². The highest BCUT2D eigenvalue weighted by atomic mass is 32.2. The summed E-state index contributed by atoms with van der Waals surface area (Å²) in [6.07, 6.45) is 1.74. The molecule has 0 saturated heterocycles. The van der Waals surface area contributed by atoms with Gasteiger partial charge in [0.25, 0.3) is 10.2 Å². The van der Waals surface area contributed by atoms with Crippen molar-refractivity contribution in [2.75, 3.05) is 11.9 Å². The van der Waals surface area contributed by atoms with E-state index in [0.717, 1.165) is 18.4 Å². The van der Waals surface area contributed by atoms with Gasteiger partial charge >= 0.3 is 0 Å². The minimum absolute atomic E-state index is 0.0339. The first-order chi connectivity index (χ1) is 9.04. The van der Waals surface area contributed by atoms with Gasteiger partial charge in [-0.15, -0.1) is 0 Å². The zero-order chi connectivity index (χ0) is 13.5. The van der Waals surface area contributed by atoms with E-state index >= 15 is 0 Å². The Hall–Kier alpha value is -1.44. The number of nitrogens with zero attached hydrogens (tertiary/aromatic N) is 1. The maximum atomic E-state index is 12.2. The van der Waals surface area contributed by atoms with Crippen molar-refractivity contribution >= 4 is 21.8 Å². The minimum Gasteiger partial charge on any atom is -0.325 e. The second-order valence-electron chi connectivity index (χ2n) is 4.87. The monoisotopic (exact) mass is 281 g/mol. The van der Waals surface area contributed by atoms with Crippen LogP contribution in [0.3, 0.4) is 0 Å². The third kappa shape index (κ3) is 2.78. The second kappa shape index (κ2) is 4.59. The fourth-order valence-electron chi connectivity index (χ4n) is 2.03. The van der Waals surface area contributed by atoms with Crippen LogP contribution in [0.4, 0.5) is 5.69 Å². The second-order valence-corrected chi connectivity index (χ2v) is 6.57. The molecule has 1 fully saturated rings. The van der Waals surface area contributed by atoms with Gasteiger partial charge < -0.3 is 5.32 Å². The van der Waals surface area contributed by atoms with Gasteiger partial charge in [0.1, 0.15) is 0 Å². The highest BCUT2D eigenvalue weighted by Gasteiger charge is 2.33. The van der Waals surface area contributed by atoms with Crippen LogP contribution in [0.1, 0.15) is 18.4 Å². The van der Waals surface area contributed by atoms with Gasteiger partial charge in [0, 0.05) is 18.3 Å². The van der Waals surface area contributed by atoms with Gasteiger partial charge in [-0.2, -0.15) is 17.4 Å². The van der Waals surface area contributed by atoms with E-state index in [0.29, 0.717) is 5.69 Å². The van der Waals surface area contributed by atoms with Crippen LogP contribution in [0, 0.1) is 0 Å². The van der Waals surface area contributed by atoms with E-state index in [2.05, 4.69) is 10.0 Å². The predicted octanol–water partition coefficient (Wildman–Crippen LogP) is 0.437. The third-order valence-electron chi connectivity index (χ3n) is 3.19. The normalized spacial score (nSPS) is 20.5. The summed E-state index contributed by atoms with van der Waals surface area (Å²) in [7, 11) is -3.60. The smallest absolute Gasteiger partial charge is 0.280 e. The number of fused-ring (bicyclic) bond motifs is 1. The molecule has 0 bridgehead atoms. The molecular weight excluding hydrogens is 266 g/mol. The van der Waals surface area contributed by atoms with E-state index in [1.807, 2.05) is 18.2 Å². The molecule has 1 aliphatic carbocycles. The van der Waals surface area contributed by atoms with Crippen molar-refractivity contribution in [3.8, 4) is 0 Å². The molecule has 1 aromatic rings. The molecular formula is C12H15N3O3S. The standard InChI is InChI=1S/C12H15N3O3S/c16-12-8-15(19(17,18)14-10-5-6-10)7-9-3-1-2-4-11(9)13-12/h1-4,10,14H,5-8H2,(H,13,16). The Morgan fingerprint density at radius 3 is 2.68 bits per heavy atom. The molecule has 1 amide bonds. The Kier molecular flexibility index (Phi) is 3.04. The molecule has 19 heavy (non-hydrogen) atoms. The molecule has 7 heteroatoms. The number of anilines is 1. The van der Waals surface area contributed by atoms with Crippen molar-refractivity contribution in [1.82, 2.24) is 9.03 Å². The number of benzene rings is 1. The SMILES string of the molecule is O=C1CN(S(=O)(=O)NC2CC2)Cc2ccccc2N1. The lowest BCUT2D eigenvalue weighted by atomic mass is 10.2. The van der Waals surface area contributed by atoms with Crippen LogP contribution in [-0.2, 0) is 21.5 Å². The molecule has 6 nitrogen and oxygen atoms in total. The summed E-state index contributed by atoms with van der Waals surface area (Å²) >= 11 is 0. The highest BCUT2D eigenvalue weighted by Crippen LogP contribution is 2.24. The first kappa shape index (κ1) is 12.6. The number of nitrogens with one attached hydrogen (secondary N) is 2. The maximum Gasteiger partial charge on any atom is 0.280 e. The van der Waals surface area contributed by atoms with Crippen LogP contribution in [0.5, 0.6) is 0 Å². The van der Waals surface area contributed by atoms with Gasteiger partial charge in [-0.1, -0.05) is 18.2 Å². The highest BCUT2D eigenvalue weighted by molar-refractivity contribution is 7.87. The Morgan fingerprint density at radius 2 is 1.95 bits per heavy atom. The van der Waals surface area contributed by atoms with Crippen molar-refractivity contribution in [3.63, 3.8) is 0 Å². The van der Waals surface area contributed by atoms with Crippen molar-refractivity contribution < 1.29 is 13.2 Å². The van der Waals surface area contributed by atoms with Gasteiger partial charge in [-0.25, -0.2) is 0 Å². The number of hydrogen-bond donors (Lipinski definition) is 2. The third-order valence-corrected chi connectivity index (χ3v) is 4.76. The molecule has 2 N–H and O–H groups in total. The topological polar surface area (TPSA) is 78.5 Å². The Bertz CT molecular complexity index is 610. The average Bonchev–Trinajstić information content (AvgIpc) is 3.14. The van der Waals surface area contributed by atoms with E-state index < -0.39 is 10.2 Å². The summed E-state index contributed by atoms with van der Waals surface area (Å²) in [5.74, 6) is -0.314. The van der Waals surface area contributed by atoms with Gasteiger partial charge in [0.2, 0.25) is 5.91 Å². The molecule has 3 rings (SSSR count). The zero-order valence-electron chi connectivity index (χ0n) is 10.3. The van der Waals surface area contributed by atoms with E-state index in [9.17, 15) is 13.2 Å². The number of para-hydroxylation sites is 1. The van der Waals surface area contributed by atoms with E-state index in [-0.39, 0.29) is 25.0 Å². The molecule has 2 aliphatic rings. The van der Waals surface area contributed by atoms with Gasteiger partial charge in [0.15, 0.2) is 0 Å². The lowest BCUT2D eigenvalue weighted by molar-refractivity contribution is -0.116. The Labute approximate surface area is 112 Å². The molecule has 1 heterocycles. The number of carbonyl (C=O) groups excluding carboxylic acids is 1. The lowest BCUT2D eigenvalue weighted by Crippen LogP contribution is -2.43.